The number of rotatable bonds is 3. The van der Waals surface area contributed by atoms with Crippen molar-refractivity contribution in [1.29, 1.82) is 0 Å². The van der Waals surface area contributed by atoms with Crippen LogP contribution in [0.25, 0.3) is 0 Å². The Morgan fingerprint density at radius 3 is 2.71 bits per heavy atom. The molecule has 1 fully saturated rings. The van der Waals surface area contributed by atoms with E-state index in [0.29, 0.717) is 10.8 Å². The summed E-state index contributed by atoms with van der Waals surface area (Å²) in [6, 6.07) is 0. The molecule has 2 nitrogen and oxygen atoms in total. The Kier molecular flexibility index (Phi) is 2.87. The van der Waals surface area contributed by atoms with Gasteiger partial charge in [-0.25, -0.2) is 0 Å². The Bertz CT molecular complexity index is 367. The largest absolute Gasteiger partial charge is 0.481 e. The maximum absolute atomic E-state index is 10.8. The van der Waals surface area contributed by atoms with Crippen LogP contribution in [-0.4, -0.2) is 11.1 Å². The van der Waals surface area contributed by atoms with Gasteiger partial charge in [0.05, 0.1) is 6.42 Å². The maximum Gasteiger partial charge on any atom is 0.303 e. The van der Waals surface area contributed by atoms with Crippen molar-refractivity contribution in [3.8, 4) is 0 Å². The van der Waals surface area contributed by atoms with Crippen molar-refractivity contribution >= 4 is 5.97 Å². The highest BCUT2D eigenvalue weighted by atomic mass is 16.4. The Hall–Kier alpha value is -0.790. The maximum atomic E-state index is 10.8. The van der Waals surface area contributed by atoms with Gasteiger partial charge in [0, 0.05) is 0 Å². The van der Waals surface area contributed by atoms with E-state index in [0.717, 1.165) is 12.3 Å². The summed E-state index contributed by atoms with van der Waals surface area (Å²) >= 11 is 0. The van der Waals surface area contributed by atoms with Gasteiger partial charge in [-0.1, -0.05) is 39.3 Å². The molecule has 0 unspecified atom stereocenters. The fraction of sp³-hybridized carbons (Fsp3) is 0.800. The van der Waals surface area contributed by atoms with Crippen LogP contribution in [0, 0.1) is 22.7 Å². The summed E-state index contributed by atoms with van der Waals surface area (Å²) in [6.45, 7) is 9.02. The second-order valence-electron chi connectivity index (χ2n) is 7.17. The van der Waals surface area contributed by atoms with Gasteiger partial charge in [-0.15, -0.1) is 0 Å². The molecule has 96 valence electrons. The quantitative estimate of drug-likeness (QED) is 0.755. The topological polar surface area (TPSA) is 37.3 Å². The van der Waals surface area contributed by atoms with E-state index >= 15 is 0 Å². The number of carbonyl (C=O) groups is 1. The summed E-state index contributed by atoms with van der Waals surface area (Å²) in [5.41, 5.74) is 2.08. The van der Waals surface area contributed by atoms with Crippen molar-refractivity contribution < 1.29 is 9.90 Å². The van der Waals surface area contributed by atoms with Gasteiger partial charge in [-0.3, -0.25) is 4.79 Å². The highest BCUT2D eigenvalue weighted by molar-refractivity contribution is 5.67. The van der Waals surface area contributed by atoms with Crippen LogP contribution in [0.1, 0.15) is 53.4 Å². The fourth-order valence-corrected chi connectivity index (χ4v) is 3.43. The molecule has 2 aliphatic rings. The van der Waals surface area contributed by atoms with Crippen LogP contribution in [0.5, 0.6) is 0 Å². The number of fused-ring (bicyclic) bond motifs is 1. The molecule has 2 aliphatic carbocycles. The van der Waals surface area contributed by atoms with Gasteiger partial charge in [-0.2, -0.15) is 0 Å². The van der Waals surface area contributed by atoms with E-state index in [2.05, 4.69) is 33.8 Å². The van der Waals surface area contributed by atoms with Gasteiger partial charge < -0.3 is 5.11 Å². The minimum absolute atomic E-state index is 0.183. The first kappa shape index (κ1) is 12.7. The lowest BCUT2D eigenvalue weighted by molar-refractivity contribution is -0.137. The standard InChI is InChI=1S/C15H24O2/c1-10(5-13(16)17)11-6-14(2,3)8-12-9-15(12,4)7-11/h7,10,12H,5-6,8-9H2,1-4H3,(H,16,17)/t10-,12-,15-/m1/s1. The molecular formula is C15H24O2. The van der Waals surface area contributed by atoms with Crippen molar-refractivity contribution in [2.45, 2.75) is 53.4 Å². The van der Waals surface area contributed by atoms with Crippen molar-refractivity contribution in [3.05, 3.63) is 11.6 Å². The van der Waals surface area contributed by atoms with Crippen molar-refractivity contribution in [2.75, 3.05) is 0 Å². The zero-order valence-corrected chi connectivity index (χ0v) is 11.4. The highest BCUT2D eigenvalue weighted by Gasteiger charge is 2.52. The summed E-state index contributed by atoms with van der Waals surface area (Å²) in [6.07, 6.45) is 6.30. The van der Waals surface area contributed by atoms with Crippen LogP contribution in [0.15, 0.2) is 11.6 Å². The lowest BCUT2D eigenvalue weighted by Crippen LogP contribution is -2.16. The molecule has 1 saturated carbocycles. The molecule has 0 heterocycles. The van der Waals surface area contributed by atoms with E-state index in [1.54, 1.807) is 0 Å². The Balaban J connectivity index is 2.19. The first-order valence-electron chi connectivity index (χ1n) is 6.65. The van der Waals surface area contributed by atoms with E-state index < -0.39 is 5.97 Å². The minimum atomic E-state index is -0.682. The Morgan fingerprint density at radius 2 is 2.12 bits per heavy atom. The van der Waals surface area contributed by atoms with Gasteiger partial charge in [0.15, 0.2) is 0 Å². The van der Waals surface area contributed by atoms with Crippen LogP contribution in [0.3, 0.4) is 0 Å². The van der Waals surface area contributed by atoms with E-state index in [4.69, 9.17) is 5.11 Å². The number of hydrogen-bond acceptors (Lipinski definition) is 1. The molecule has 0 aromatic carbocycles. The molecule has 0 aromatic rings. The number of allylic oxidation sites excluding steroid dienone is 2. The summed E-state index contributed by atoms with van der Waals surface area (Å²) in [5.74, 6) is 0.327. The van der Waals surface area contributed by atoms with Gasteiger partial charge in [0.2, 0.25) is 0 Å². The first-order valence-corrected chi connectivity index (χ1v) is 6.65. The van der Waals surface area contributed by atoms with Gasteiger partial charge >= 0.3 is 5.97 Å². The molecule has 2 heteroatoms. The van der Waals surface area contributed by atoms with E-state index in [9.17, 15) is 4.79 Å². The minimum Gasteiger partial charge on any atom is -0.481 e. The lowest BCUT2D eigenvalue weighted by Gasteiger charge is -2.27. The van der Waals surface area contributed by atoms with Crippen molar-refractivity contribution in [2.24, 2.45) is 22.7 Å². The van der Waals surface area contributed by atoms with Crippen LogP contribution < -0.4 is 0 Å². The summed E-state index contributed by atoms with van der Waals surface area (Å²) < 4.78 is 0. The third kappa shape index (κ3) is 2.72. The van der Waals surface area contributed by atoms with Crippen molar-refractivity contribution in [3.63, 3.8) is 0 Å². The number of hydrogen-bond donors (Lipinski definition) is 1. The molecular weight excluding hydrogens is 212 g/mol. The molecule has 0 radical (unpaired) electrons. The van der Waals surface area contributed by atoms with Crippen LogP contribution in [0.4, 0.5) is 0 Å². The number of carboxylic acids is 1. The molecule has 0 aliphatic heterocycles. The van der Waals surface area contributed by atoms with Crippen LogP contribution >= 0.6 is 0 Å². The molecule has 0 aromatic heterocycles. The molecule has 0 amide bonds. The average molecular weight is 236 g/mol. The zero-order chi connectivity index (χ0) is 12.8. The highest BCUT2D eigenvalue weighted by Crippen LogP contribution is 2.61. The smallest absolute Gasteiger partial charge is 0.303 e. The molecule has 1 N–H and O–H groups in total. The van der Waals surface area contributed by atoms with Gasteiger partial charge in [0.1, 0.15) is 0 Å². The van der Waals surface area contributed by atoms with Gasteiger partial charge in [0.25, 0.3) is 0 Å². The Labute approximate surface area is 104 Å². The summed E-state index contributed by atoms with van der Waals surface area (Å²) in [5, 5.41) is 8.93. The Morgan fingerprint density at radius 1 is 1.47 bits per heavy atom. The van der Waals surface area contributed by atoms with Crippen LogP contribution in [0.2, 0.25) is 0 Å². The molecule has 3 atom stereocenters. The molecule has 2 rings (SSSR count). The predicted molar refractivity (Wildman–Crippen MR) is 68.7 cm³/mol. The second kappa shape index (κ2) is 3.86. The predicted octanol–water partition coefficient (Wildman–Crippen LogP) is 3.87. The van der Waals surface area contributed by atoms with Crippen LogP contribution in [-0.2, 0) is 4.79 Å². The molecule has 0 saturated heterocycles. The monoisotopic (exact) mass is 236 g/mol. The summed E-state index contributed by atoms with van der Waals surface area (Å²) in [4.78, 5) is 10.8. The van der Waals surface area contributed by atoms with Gasteiger partial charge in [-0.05, 0) is 41.9 Å². The van der Waals surface area contributed by atoms with E-state index in [1.807, 2.05) is 0 Å². The fourth-order valence-electron chi connectivity index (χ4n) is 3.43. The zero-order valence-electron chi connectivity index (χ0n) is 11.4. The third-order valence-corrected chi connectivity index (χ3v) is 4.57. The first-order chi connectivity index (χ1) is 7.72. The van der Waals surface area contributed by atoms with E-state index in [1.165, 1.54) is 18.4 Å². The number of carboxylic acid groups (broad SMARTS) is 1. The van der Waals surface area contributed by atoms with Crippen molar-refractivity contribution in [1.82, 2.24) is 0 Å². The molecule has 0 spiro atoms. The summed E-state index contributed by atoms with van der Waals surface area (Å²) in [7, 11) is 0. The lowest BCUT2D eigenvalue weighted by atomic mass is 9.78. The average Bonchev–Trinajstić information content (AvgIpc) is 2.72. The SMILES string of the molecule is C[C@H](CC(=O)O)C1=C[C@]2(C)C[C@H]2CC(C)(C)C1. The van der Waals surface area contributed by atoms with E-state index in [-0.39, 0.29) is 12.3 Å². The normalized spacial score (nSPS) is 36.5. The third-order valence-electron chi connectivity index (χ3n) is 4.57. The second-order valence-corrected chi connectivity index (χ2v) is 7.17. The number of aliphatic carboxylic acids is 1. The molecule has 17 heavy (non-hydrogen) atoms. The molecule has 0 bridgehead atoms.